The Morgan fingerprint density at radius 3 is 2.47 bits per heavy atom. The van der Waals surface area contributed by atoms with Crippen molar-refractivity contribution in [2.24, 2.45) is 11.7 Å². The molecular weight excluding hydrogens is 283 g/mol. The van der Waals surface area contributed by atoms with Crippen molar-refractivity contribution >= 4 is 21.6 Å². The van der Waals surface area contributed by atoms with Gasteiger partial charge in [0.15, 0.2) is 0 Å². The summed E-state index contributed by atoms with van der Waals surface area (Å²) in [6, 6.07) is 5.18. The number of hydrogen-bond donors (Lipinski definition) is 2. The van der Waals surface area contributed by atoms with Crippen molar-refractivity contribution in [3.05, 3.63) is 28.5 Å². The molecular formula is C13H20BrFN2. The van der Waals surface area contributed by atoms with E-state index < -0.39 is 0 Å². The average molecular weight is 303 g/mol. The molecule has 0 aliphatic carbocycles. The lowest BCUT2D eigenvalue weighted by Crippen LogP contribution is -2.35. The SMILES string of the molecule is CCC(CC)C(CN)Nc1ccc(F)c(Br)c1. The number of hydrogen-bond acceptors (Lipinski definition) is 2. The number of nitrogens with one attached hydrogen (secondary N) is 1. The van der Waals surface area contributed by atoms with Crippen LogP contribution in [0.5, 0.6) is 0 Å². The van der Waals surface area contributed by atoms with Crippen LogP contribution in [-0.2, 0) is 0 Å². The molecule has 4 heteroatoms. The number of halogens is 2. The minimum absolute atomic E-state index is 0.238. The van der Waals surface area contributed by atoms with Gasteiger partial charge in [-0.05, 0) is 40.0 Å². The zero-order valence-electron chi connectivity index (χ0n) is 10.3. The topological polar surface area (TPSA) is 38.0 Å². The molecule has 0 saturated heterocycles. The van der Waals surface area contributed by atoms with E-state index in [0.717, 1.165) is 18.5 Å². The zero-order valence-corrected chi connectivity index (χ0v) is 11.9. The molecule has 0 spiro atoms. The van der Waals surface area contributed by atoms with Crippen LogP contribution in [0, 0.1) is 11.7 Å². The van der Waals surface area contributed by atoms with Gasteiger partial charge < -0.3 is 11.1 Å². The van der Waals surface area contributed by atoms with E-state index in [-0.39, 0.29) is 11.9 Å². The molecule has 0 aliphatic rings. The molecule has 0 heterocycles. The maximum absolute atomic E-state index is 13.1. The van der Waals surface area contributed by atoms with Gasteiger partial charge in [-0.1, -0.05) is 26.7 Å². The highest BCUT2D eigenvalue weighted by molar-refractivity contribution is 9.10. The Morgan fingerprint density at radius 1 is 1.35 bits per heavy atom. The third kappa shape index (κ3) is 3.96. The first-order valence-corrected chi connectivity index (χ1v) is 6.83. The molecule has 1 aromatic carbocycles. The number of nitrogens with two attached hydrogens (primary N) is 1. The Morgan fingerprint density at radius 2 is 2.00 bits per heavy atom. The van der Waals surface area contributed by atoms with Crippen LogP contribution in [0.25, 0.3) is 0 Å². The molecule has 0 radical (unpaired) electrons. The Hall–Kier alpha value is -0.610. The van der Waals surface area contributed by atoms with Crippen LogP contribution in [-0.4, -0.2) is 12.6 Å². The molecule has 1 aromatic rings. The van der Waals surface area contributed by atoms with Crippen molar-refractivity contribution in [3.63, 3.8) is 0 Å². The molecule has 96 valence electrons. The summed E-state index contributed by atoms with van der Waals surface area (Å²) in [6.45, 7) is 4.92. The van der Waals surface area contributed by atoms with Gasteiger partial charge in [-0.2, -0.15) is 0 Å². The summed E-state index contributed by atoms with van der Waals surface area (Å²) < 4.78 is 13.6. The summed E-state index contributed by atoms with van der Waals surface area (Å²) in [6.07, 6.45) is 2.18. The molecule has 17 heavy (non-hydrogen) atoms. The Bertz CT molecular complexity index is 353. The van der Waals surface area contributed by atoms with E-state index in [2.05, 4.69) is 35.1 Å². The van der Waals surface area contributed by atoms with E-state index in [4.69, 9.17) is 5.73 Å². The Labute approximate surface area is 111 Å². The fourth-order valence-corrected chi connectivity index (χ4v) is 2.41. The van der Waals surface area contributed by atoms with Gasteiger partial charge in [-0.3, -0.25) is 0 Å². The van der Waals surface area contributed by atoms with Gasteiger partial charge >= 0.3 is 0 Å². The first-order chi connectivity index (χ1) is 8.12. The third-order valence-electron chi connectivity index (χ3n) is 3.14. The highest BCUT2D eigenvalue weighted by Crippen LogP contribution is 2.23. The van der Waals surface area contributed by atoms with Crippen LogP contribution in [0.15, 0.2) is 22.7 Å². The number of anilines is 1. The van der Waals surface area contributed by atoms with Crippen molar-refractivity contribution < 1.29 is 4.39 Å². The first kappa shape index (κ1) is 14.5. The quantitative estimate of drug-likeness (QED) is 0.839. The first-order valence-electron chi connectivity index (χ1n) is 6.04. The fourth-order valence-electron chi connectivity index (χ4n) is 2.03. The molecule has 0 bridgehead atoms. The average Bonchev–Trinajstić information content (AvgIpc) is 2.33. The molecule has 0 aliphatic heterocycles. The predicted molar refractivity (Wildman–Crippen MR) is 74.6 cm³/mol. The van der Waals surface area contributed by atoms with Gasteiger partial charge in [0.1, 0.15) is 5.82 Å². The van der Waals surface area contributed by atoms with Crippen LogP contribution >= 0.6 is 15.9 Å². The van der Waals surface area contributed by atoms with Crippen molar-refractivity contribution in [2.45, 2.75) is 32.7 Å². The lowest BCUT2D eigenvalue weighted by atomic mass is 9.94. The summed E-state index contributed by atoms with van der Waals surface area (Å²) in [5.74, 6) is 0.297. The molecule has 0 saturated carbocycles. The monoisotopic (exact) mass is 302 g/mol. The largest absolute Gasteiger partial charge is 0.381 e. The van der Waals surface area contributed by atoms with Gasteiger partial charge in [-0.15, -0.1) is 0 Å². The Kier molecular flexibility index (Phi) is 5.92. The zero-order chi connectivity index (χ0) is 12.8. The van der Waals surface area contributed by atoms with E-state index >= 15 is 0 Å². The molecule has 0 aromatic heterocycles. The molecule has 1 unspecified atom stereocenters. The maximum atomic E-state index is 13.1. The standard InChI is InChI=1S/C13H20BrFN2/c1-3-9(4-2)13(8-16)17-10-5-6-12(15)11(14)7-10/h5-7,9,13,17H,3-4,8,16H2,1-2H3. The minimum Gasteiger partial charge on any atom is -0.381 e. The minimum atomic E-state index is -0.248. The van der Waals surface area contributed by atoms with Gasteiger partial charge in [0.2, 0.25) is 0 Å². The van der Waals surface area contributed by atoms with Crippen LogP contribution in [0.4, 0.5) is 10.1 Å². The second-order valence-electron chi connectivity index (χ2n) is 4.19. The highest BCUT2D eigenvalue weighted by Gasteiger charge is 2.16. The van der Waals surface area contributed by atoms with Crippen molar-refractivity contribution in [1.29, 1.82) is 0 Å². The van der Waals surface area contributed by atoms with Crippen LogP contribution in [0.2, 0.25) is 0 Å². The van der Waals surface area contributed by atoms with Crippen molar-refractivity contribution in [1.82, 2.24) is 0 Å². The van der Waals surface area contributed by atoms with Gasteiger partial charge in [-0.25, -0.2) is 4.39 Å². The van der Waals surface area contributed by atoms with Gasteiger partial charge in [0.25, 0.3) is 0 Å². The van der Waals surface area contributed by atoms with E-state index in [1.165, 1.54) is 6.07 Å². The van der Waals surface area contributed by atoms with E-state index in [0.29, 0.717) is 16.9 Å². The third-order valence-corrected chi connectivity index (χ3v) is 3.75. The lowest BCUT2D eigenvalue weighted by Gasteiger charge is -2.26. The summed E-state index contributed by atoms with van der Waals surface area (Å²) in [7, 11) is 0. The normalized spacial score (nSPS) is 12.8. The molecule has 1 atom stereocenters. The predicted octanol–water partition coefficient (Wildman–Crippen LogP) is 3.76. The number of benzene rings is 1. The van der Waals surface area contributed by atoms with Crippen LogP contribution in [0.3, 0.4) is 0 Å². The highest BCUT2D eigenvalue weighted by atomic mass is 79.9. The van der Waals surface area contributed by atoms with E-state index in [9.17, 15) is 4.39 Å². The summed E-state index contributed by atoms with van der Waals surface area (Å²) in [4.78, 5) is 0. The number of rotatable bonds is 6. The molecule has 3 N–H and O–H groups in total. The van der Waals surface area contributed by atoms with Crippen molar-refractivity contribution in [2.75, 3.05) is 11.9 Å². The second kappa shape index (κ2) is 6.97. The lowest BCUT2D eigenvalue weighted by molar-refractivity contribution is 0.422. The molecule has 0 amide bonds. The second-order valence-corrected chi connectivity index (χ2v) is 5.05. The maximum Gasteiger partial charge on any atom is 0.137 e. The van der Waals surface area contributed by atoms with E-state index in [1.54, 1.807) is 12.1 Å². The van der Waals surface area contributed by atoms with Crippen LogP contribution < -0.4 is 11.1 Å². The molecule has 2 nitrogen and oxygen atoms in total. The molecule has 0 fully saturated rings. The smallest absolute Gasteiger partial charge is 0.137 e. The summed E-state index contributed by atoms with van der Waals surface area (Å²) in [5.41, 5.74) is 6.70. The Balaban J connectivity index is 2.76. The van der Waals surface area contributed by atoms with Gasteiger partial charge in [0, 0.05) is 18.3 Å². The molecule has 1 rings (SSSR count). The van der Waals surface area contributed by atoms with Crippen molar-refractivity contribution in [3.8, 4) is 0 Å². The van der Waals surface area contributed by atoms with E-state index in [1.807, 2.05) is 0 Å². The summed E-state index contributed by atoms with van der Waals surface area (Å²) >= 11 is 3.18. The summed E-state index contributed by atoms with van der Waals surface area (Å²) in [5, 5.41) is 3.38. The fraction of sp³-hybridized carbons (Fsp3) is 0.538. The van der Waals surface area contributed by atoms with Crippen LogP contribution in [0.1, 0.15) is 26.7 Å². The van der Waals surface area contributed by atoms with Gasteiger partial charge in [0.05, 0.1) is 4.47 Å².